The molecule has 1 aromatic carbocycles. The number of halogens is 1. The topological polar surface area (TPSA) is 34.1 Å². The maximum Gasteiger partial charge on any atom is 0.219 e. The average Bonchev–Trinajstić information content (AvgIpc) is 2.34. The van der Waals surface area contributed by atoms with Crippen LogP contribution in [0, 0.1) is 6.92 Å². The van der Waals surface area contributed by atoms with Gasteiger partial charge < -0.3 is 10.1 Å². The van der Waals surface area contributed by atoms with Crippen LogP contribution in [0.4, 0.5) is 0 Å². The summed E-state index contributed by atoms with van der Waals surface area (Å²) in [7, 11) is 1.88. The molecular formula is C14H15ClN2O. The van der Waals surface area contributed by atoms with Crippen molar-refractivity contribution in [3.05, 3.63) is 52.7 Å². The van der Waals surface area contributed by atoms with Crippen LogP contribution >= 0.6 is 11.6 Å². The summed E-state index contributed by atoms with van der Waals surface area (Å²) in [6.45, 7) is 2.69. The third-order valence-corrected chi connectivity index (χ3v) is 2.74. The van der Waals surface area contributed by atoms with Crippen molar-refractivity contribution in [2.45, 2.75) is 13.5 Å². The molecule has 0 amide bonds. The molecule has 0 radical (unpaired) electrons. The van der Waals surface area contributed by atoms with E-state index < -0.39 is 0 Å². The van der Waals surface area contributed by atoms with E-state index in [2.05, 4.69) is 10.3 Å². The highest BCUT2D eigenvalue weighted by molar-refractivity contribution is 6.32. The molecule has 0 aliphatic rings. The lowest BCUT2D eigenvalue weighted by atomic mass is 10.2. The highest BCUT2D eigenvalue weighted by atomic mass is 35.5. The molecule has 18 heavy (non-hydrogen) atoms. The summed E-state index contributed by atoms with van der Waals surface area (Å²) in [5.41, 5.74) is 2.03. The van der Waals surface area contributed by atoms with Crippen LogP contribution in [-0.4, -0.2) is 12.0 Å². The first-order valence-electron chi connectivity index (χ1n) is 5.73. The van der Waals surface area contributed by atoms with Crippen molar-refractivity contribution in [3.8, 4) is 11.6 Å². The number of nitrogens with one attached hydrogen (secondary N) is 1. The Balaban J connectivity index is 2.20. The first kappa shape index (κ1) is 12.9. The minimum Gasteiger partial charge on any atom is -0.437 e. The SMILES string of the molecule is CNCc1cccc(Oc2ccc(C)cc2Cl)n1. The Bertz CT molecular complexity index is 543. The van der Waals surface area contributed by atoms with Crippen molar-refractivity contribution in [2.24, 2.45) is 0 Å². The fraction of sp³-hybridized carbons (Fsp3) is 0.214. The molecule has 0 aliphatic carbocycles. The quantitative estimate of drug-likeness (QED) is 0.915. The van der Waals surface area contributed by atoms with E-state index in [1.54, 1.807) is 0 Å². The lowest BCUT2D eigenvalue weighted by Gasteiger charge is -2.08. The molecule has 0 spiro atoms. The molecule has 1 N–H and O–H groups in total. The number of rotatable bonds is 4. The lowest BCUT2D eigenvalue weighted by Crippen LogP contribution is -2.06. The highest BCUT2D eigenvalue weighted by Crippen LogP contribution is 2.29. The van der Waals surface area contributed by atoms with Crippen LogP contribution in [0.2, 0.25) is 5.02 Å². The fourth-order valence-electron chi connectivity index (χ4n) is 1.60. The van der Waals surface area contributed by atoms with E-state index >= 15 is 0 Å². The molecule has 0 atom stereocenters. The molecule has 2 aromatic rings. The second-order valence-electron chi connectivity index (χ2n) is 4.03. The van der Waals surface area contributed by atoms with Gasteiger partial charge in [0.25, 0.3) is 0 Å². The molecular weight excluding hydrogens is 248 g/mol. The van der Waals surface area contributed by atoms with Crippen molar-refractivity contribution >= 4 is 11.6 Å². The fourth-order valence-corrected chi connectivity index (χ4v) is 1.87. The Labute approximate surface area is 112 Å². The second-order valence-corrected chi connectivity index (χ2v) is 4.44. The van der Waals surface area contributed by atoms with E-state index in [1.165, 1.54) is 0 Å². The number of nitrogens with zero attached hydrogens (tertiary/aromatic N) is 1. The number of aryl methyl sites for hydroxylation is 1. The lowest BCUT2D eigenvalue weighted by molar-refractivity contribution is 0.460. The molecule has 2 rings (SSSR count). The Hall–Kier alpha value is -1.58. The number of benzene rings is 1. The number of ether oxygens (including phenoxy) is 1. The third-order valence-electron chi connectivity index (χ3n) is 2.44. The van der Waals surface area contributed by atoms with Gasteiger partial charge in [0, 0.05) is 12.6 Å². The van der Waals surface area contributed by atoms with Gasteiger partial charge in [-0.05, 0) is 37.7 Å². The molecule has 1 heterocycles. The molecule has 4 heteroatoms. The summed E-state index contributed by atoms with van der Waals surface area (Å²) < 4.78 is 5.68. The van der Waals surface area contributed by atoms with Gasteiger partial charge in [-0.15, -0.1) is 0 Å². The number of hydrogen-bond donors (Lipinski definition) is 1. The van der Waals surface area contributed by atoms with E-state index in [4.69, 9.17) is 16.3 Å². The van der Waals surface area contributed by atoms with Gasteiger partial charge in [-0.25, -0.2) is 4.98 Å². The van der Waals surface area contributed by atoms with E-state index in [9.17, 15) is 0 Å². The van der Waals surface area contributed by atoms with Gasteiger partial charge in [-0.1, -0.05) is 23.7 Å². The van der Waals surface area contributed by atoms with Gasteiger partial charge in [0.05, 0.1) is 10.7 Å². The number of pyridine rings is 1. The van der Waals surface area contributed by atoms with Crippen LogP contribution in [0.1, 0.15) is 11.3 Å². The van der Waals surface area contributed by atoms with E-state index in [1.807, 2.05) is 50.4 Å². The Morgan fingerprint density at radius 3 is 2.83 bits per heavy atom. The molecule has 94 valence electrons. The zero-order chi connectivity index (χ0) is 13.0. The second kappa shape index (κ2) is 5.85. The zero-order valence-corrected chi connectivity index (χ0v) is 11.2. The Kier molecular flexibility index (Phi) is 4.18. The van der Waals surface area contributed by atoms with Crippen LogP contribution in [0.3, 0.4) is 0 Å². The van der Waals surface area contributed by atoms with Gasteiger partial charge in [-0.3, -0.25) is 0 Å². The molecule has 0 aliphatic heterocycles. The maximum absolute atomic E-state index is 6.12. The van der Waals surface area contributed by atoms with Gasteiger partial charge in [0.15, 0.2) is 0 Å². The van der Waals surface area contributed by atoms with Crippen LogP contribution < -0.4 is 10.1 Å². The van der Waals surface area contributed by atoms with Crippen LogP contribution in [0.5, 0.6) is 11.6 Å². The number of hydrogen-bond acceptors (Lipinski definition) is 3. The summed E-state index contributed by atoms with van der Waals surface area (Å²) in [5.74, 6) is 1.17. The van der Waals surface area contributed by atoms with Gasteiger partial charge in [-0.2, -0.15) is 0 Å². The predicted octanol–water partition coefficient (Wildman–Crippen LogP) is 3.56. The van der Waals surface area contributed by atoms with E-state index in [0.29, 0.717) is 23.2 Å². The Morgan fingerprint density at radius 1 is 1.28 bits per heavy atom. The van der Waals surface area contributed by atoms with Crippen molar-refractivity contribution in [1.82, 2.24) is 10.3 Å². The normalized spacial score (nSPS) is 10.4. The summed E-state index contributed by atoms with van der Waals surface area (Å²) in [6.07, 6.45) is 0. The predicted molar refractivity (Wildman–Crippen MR) is 73.3 cm³/mol. The van der Waals surface area contributed by atoms with Crippen LogP contribution in [0.25, 0.3) is 0 Å². The molecule has 1 aromatic heterocycles. The van der Waals surface area contributed by atoms with Gasteiger partial charge in [0.1, 0.15) is 5.75 Å². The first-order valence-corrected chi connectivity index (χ1v) is 6.11. The Morgan fingerprint density at radius 2 is 2.11 bits per heavy atom. The van der Waals surface area contributed by atoms with Gasteiger partial charge >= 0.3 is 0 Å². The van der Waals surface area contributed by atoms with Crippen molar-refractivity contribution in [2.75, 3.05) is 7.05 Å². The first-order chi connectivity index (χ1) is 8.69. The largest absolute Gasteiger partial charge is 0.437 e. The zero-order valence-electron chi connectivity index (χ0n) is 10.4. The molecule has 0 unspecified atom stereocenters. The summed E-state index contributed by atoms with van der Waals surface area (Å²) >= 11 is 6.12. The van der Waals surface area contributed by atoms with Crippen molar-refractivity contribution in [1.29, 1.82) is 0 Å². The summed E-state index contributed by atoms with van der Waals surface area (Å²) in [4.78, 5) is 4.38. The number of aromatic nitrogens is 1. The molecule has 0 bridgehead atoms. The molecule has 0 saturated carbocycles. The molecule has 0 saturated heterocycles. The van der Waals surface area contributed by atoms with Gasteiger partial charge in [0.2, 0.25) is 5.88 Å². The summed E-state index contributed by atoms with van der Waals surface area (Å²) in [6, 6.07) is 11.4. The van der Waals surface area contributed by atoms with E-state index in [0.717, 1.165) is 11.3 Å². The maximum atomic E-state index is 6.12. The molecule has 0 fully saturated rings. The van der Waals surface area contributed by atoms with Crippen LogP contribution in [-0.2, 0) is 6.54 Å². The average molecular weight is 263 g/mol. The van der Waals surface area contributed by atoms with E-state index in [-0.39, 0.29) is 0 Å². The minimum atomic E-state index is 0.550. The smallest absolute Gasteiger partial charge is 0.219 e. The van der Waals surface area contributed by atoms with Crippen molar-refractivity contribution in [3.63, 3.8) is 0 Å². The minimum absolute atomic E-state index is 0.550. The van der Waals surface area contributed by atoms with Crippen molar-refractivity contribution < 1.29 is 4.74 Å². The standard InChI is InChI=1S/C14H15ClN2O/c1-10-6-7-13(12(15)8-10)18-14-5-3-4-11(17-14)9-16-2/h3-8,16H,9H2,1-2H3. The highest BCUT2D eigenvalue weighted by Gasteiger charge is 2.04. The monoisotopic (exact) mass is 262 g/mol. The van der Waals surface area contributed by atoms with Crippen LogP contribution in [0.15, 0.2) is 36.4 Å². The summed E-state index contributed by atoms with van der Waals surface area (Å²) in [5, 5.41) is 3.64. The molecule has 3 nitrogen and oxygen atoms in total. The third kappa shape index (κ3) is 3.22.